The second-order valence-corrected chi connectivity index (χ2v) is 6.58. The highest BCUT2D eigenvalue weighted by atomic mass is 79.9. The molecule has 8 heteroatoms. The first kappa shape index (κ1) is 14.2. The third-order valence-corrected chi connectivity index (χ3v) is 4.58. The molecule has 0 aromatic carbocycles. The average Bonchev–Trinajstić information content (AvgIpc) is 2.89. The van der Waals surface area contributed by atoms with Gasteiger partial charge in [0, 0.05) is 18.2 Å². The van der Waals surface area contributed by atoms with Crippen molar-refractivity contribution in [1.29, 1.82) is 0 Å². The van der Waals surface area contributed by atoms with Crippen LogP contribution in [0, 0.1) is 11.2 Å². The lowest BCUT2D eigenvalue weighted by Gasteiger charge is -2.23. The molecule has 2 amide bonds. The summed E-state index contributed by atoms with van der Waals surface area (Å²) in [6.45, 7) is 1.97. The second kappa shape index (κ2) is 4.66. The molecule has 2 fully saturated rings. The summed E-state index contributed by atoms with van der Waals surface area (Å²) < 4.78 is 13.5. The van der Waals surface area contributed by atoms with Crippen LogP contribution in [0.4, 0.5) is 15.0 Å². The lowest BCUT2D eigenvalue weighted by atomic mass is 10.0. The van der Waals surface area contributed by atoms with Crippen LogP contribution in [-0.4, -0.2) is 39.1 Å². The fourth-order valence-corrected chi connectivity index (χ4v) is 3.43. The molecular weight excluding hydrogens is 345 g/mol. The van der Waals surface area contributed by atoms with Gasteiger partial charge >= 0.3 is 6.09 Å². The monoisotopic (exact) mass is 357 g/mol. The fourth-order valence-electron chi connectivity index (χ4n) is 3.02. The number of amides is 2. The molecule has 21 heavy (non-hydrogen) atoms. The highest BCUT2D eigenvalue weighted by molar-refractivity contribution is 9.10. The number of piperidine rings is 1. The normalized spacial score (nSPS) is 30.0. The third kappa shape index (κ3) is 2.48. The molecule has 2 N–H and O–H groups in total. The minimum absolute atomic E-state index is 0.0583. The Bertz CT molecular complexity index is 621. The number of aromatic nitrogens is 1. The molecule has 2 heterocycles. The summed E-state index contributed by atoms with van der Waals surface area (Å²) in [6, 6.07) is 1.41. The molecule has 0 bridgehead atoms. The largest absolute Gasteiger partial charge is 0.465 e. The number of hydrogen-bond donors (Lipinski definition) is 2. The summed E-state index contributed by atoms with van der Waals surface area (Å²) in [5.41, 5.74) is -0.115. The van der Waals surface area contributed by atoms with Crippen molar-refractivity contribution < 1.29 is 19.1 Å². The molecule has 3 rings (SSSR count). The molecule has 1 aromatic heterocycles. The Morgan fingerprint density at radius 2 is 2.24 bits per heavy atom. The fraction of sp³-hybridized carbons (Fsp3) is 0.462. The standard InChI is InChI=1S/C13H13BrFN3O3/c1-13-4-7(18(12(20)21)8(13)5-13)11(19)17-10-3-6(15)2-9(14)16-10/h2-3,7-8H,4-5H2,1H3,(H,20,21)(H,16,17,19)/t7-,8+,13-/m0/s1. The van der Waals surface area contributed by atoms with Crippen molar-refractivity contribution in [2.45, 2.75) is 31.8 Å². The zero-order valence-corrected chi connectivity index (χ0v) is 12.7. The van der Waals surface area contributed by atoms with Crippen molar-refractivity contribution in [1.82, 2.24) is 9.88 Å². The number of anilines is 1. The van der Waals surface area contributed by atoms with E-state index in [-0.39, 0.29) is 21.9 Å². The molecule has 0 unspecified atom stereocenters. The van der Waals surface area contributed by atoms with Gasteiger partial charge in [-0.25, -0.2) is 14.2 Å². The van der Waals surface area contributed by atoms with Crippen LogP contribution in [0.3, 0.4) is 0 Å². The minimum Gasteiger partial charge on any atom is -0.465 e. The number of carbonyl (C=O) groups excluding carboxylic acids is 1. The van der Waals surface area contributed by atoms with Gasteiger partial charge in [-0.1, -0.05) is 6.92 Å². The topological polar surface area (TPSA) is 82.5 Å². The molecule has 0 radical (unpaired) electrons. The molecule has 3 atom stereocenters. The molecule has 112 valence electrons. The van der Waals surface area contributed by atoms with Gasteiger partial charge < -0.3 is 10.4 Å². The number of pyridine rings is 1. The van der Waals surface area contributed by atoms with E-state index < -0.39 is 23.9 Å². The Labute approximate surface area is 128 Å². The second-order valence-electron chi connectivity index (χ2n) is 5.77. The van der Waals surface area contributed by atoms with Gasteiger partial charge in [0.05, 0.1) is 0 Å². The molecule has 1 aliphatic carbocycles. The first-order valence-corrected chi connectivity index (χ1v) is 7.25. The number of likely N-dealkylation sites (tertiary alicyclic amines) is 1. The number of nitrogens with zero attached hydrogens (tertiary/aromatic N) is 2. The summed E-state index contributed by atoms with van der Waals surface area (Å²) in [4.78, 5) is 28.7. The van der Waals surface area contributed by atoms with Crippen LogP contribution in [-0.2, 0) is 4.79 Å². The number of fused-ring (bicyclic) bond motifs is 1. The Morgan fingerprint density at radius 3 is 2.86 bits per heavy atom. The molecule has 1 aromatic rings. The van der Waals surface area contributed by atoms with Crippen LogP contribution in [0.5, 0.6) is 0 Å². The first-order valence-electron chi connectivity index (χ1n) is 6.45. The quantitative estimate of drug-likeness (QED) is 0.796. The van der Waals surface area contributed by atoms with Crippen molar-refractivity contribution in [3.63, 3.8) is 0 Å². The van der Waals surface area contributed by atoms with E-state index in [4.69, 9.17) is 0 Å². The zero-order valence-electron chi connectivity index (χ0n) is 11.1. The zero-order chi connectivity index (χ0) is 15.4. The molecule has 1 aliphatic heterocycles. The number of hydrogen-bond acceptors (Lipinski definition) is 3. The van der Waals surface area contributed by atoms with Crippen molar-refractivity contribution in [3.8, 4) is 0 Å². The summed E-state index contributed by atoms with van der Waals surface area (Å²) >= 11 is 3.04. The summed E-state index contributed by atoms with van der Waals surface area (Å²) in [6.07, 6.45) is 0.161. The molecule has 6 nitrogen and oxygen atoms in total. The lowest BCUT2D eigenvalue weighted by molar-refractivity contribution is -0.120. The maximum absolute atomic E-state index is 13.3. The average molecular weight is 358 g/mol. The molecule has 1 saturated carbocycles. The van der Waals surface area contributed by atoms with E-state index >= 15 is 0 Å². The Balaban J connectivity index is 1.77. The summed E-state index contributed by atoms with van der Waals surface area (Å²) in [7, 11) is 0. The van der Waals surface area contributed by atoms with Crippen molar-refractivity contribution in [3.05, 3.63) is 22.6 Å². The Morgan fingerprint density at radius 1 is 1.52 bits per heavy atom. The van der Waals surface area contributed by atoms with E-state index in [0.29, 0.717) is 6.42 Å². The van der Waals surface area contributed by atoms with E-state index in [2.05, 4.69) is 26.2 Å². The van der Waals surface area contributed by atoms with Gasteiger partial charge in [-0.05, 0) is 34.2 Å². The molecular formula is C13H13BrFN3O3. The van der Waals surface area contributed by atoms with E-state index in [1.54, 1.807) is 0 Å². The Kier molecular flexibility index (Phi) is 3.16. The van der Waals surface area contributed by atoms with Gasteiger partial charge in [-0.2, -0.15) is 0 Å². The van der Waals surface area contributed by atoms with Crippen LogP contribution < -0.4 is 5.32 Å². The van der Waals surface area contributed by atoms with Gasteiger partial charge in [0.25, 0.3) is 0 Å². The number of rotatable bonds is 2. The van der Waals surface area contributed by atoms with Crippen LogP contribution >= 0.6 is 15.9 Å². The highest BCUT2D eigenvalue weighted by Crippen LogP contribution is 2.59. The predicted octanol–water partition coefficient (Wildman–Crippen LogP) is 2.45. The van der Waals surface area contributed by atoms with Gasteiger partial charge in [0.2, 0.25) is 5.91 Å². The Hall–Kier alpha value is -1.70. The number of carbonyl (C=O) groups is 2. The van der Waals surface area contributed by atoms with Gasteiger partial charge in [0.1, 0.15) is 22.3 Å². The van der Waals surface area contributed by atoms with Gasteiger partial charge in [-0.15, -0.1) is 0 Å². The van der Waals surface area contributed by atoms with Crippen LogP contribution in [0.15, 0.2) is 16.7 Å². The lowest BCUT2D eigenvalue weighted by Crippen LogP contribution is -2.44. The van der Waals surface area contributed by atoms with Crippen molar-refractivity contribution in [2.75, 3.05) is 5.32 Å². The van der Waals surface area contributed by atoms with E-state index in [0.717, 1.165) is 12.5 Å². The van der Waals surface area contributed by atoms with Gasteiger partial charge in [0.15, 0.2) is 0 Å². The van der Waals surface area contributed by atoms with Crippen molar-refractivity contribution >= 4 is 33.7 Å². The smallest absolute Gasteiger partial charge is 0.408 e. The maximum Gasteiger partial charge on any atom is 0.408 e. The van der Waals surface area contributed by atoms with E-state index in [9.17, 15) is 19.1 Å². The number of halogens is 2. The molecule has 1 saturated heterocycles. The van der Waals surface area contributed by atoms with E-state index in [1.807, 2.05) is 6.92 Å². The molecule has 0 spiro atoms. The third-order valence-electron chi connectivity index (χ3n) is 4.17. The summed E-state index contributed by atoms with van der Waals surface area (Å²) in [5, 5.41) is 11.7. The van der Waals surface area contributed by atoms with Crippen LogP contribution in [0.1, 0.15) is 19.8 Å². The van der Waals surface area contributed by atoms with E-state index in [1.165, 1.54) is 11.0 Å². The van der Waals surface area contributed by atoms with Crippen LogP contribution in [0.25, 0.3) is 0 Å². The van der Waals surface area contributed by atoms with Gasteiger partial charge in [-0.3, -0.25) is 9.69 Å². The minimum atomic E-state index is -1.10. The maximum atomic E-state index is 13.3. The summed E-state index contributed by atoms with van der Waals surface area (Å²) in [5.74, 6) is -0.956. The number of carboxylic acid groups (broad SMARTS) is 1. The van der Waals surface area contributed by atoms with Crippen molar-refractivity contribution in [2.24, 2.45) is 5.41 Å². The predicted molar refractivity (Wildman–Crippen MR) is 75.3 cm³/mol. The number of nitrogens with one attached hydrogen (secondary N) is 1. The highest BCUT2D eigenvalue weighted by Gasteiger charge is 2.64. The van der Waals surface area contributed by atoms with Crippen LogP contribution in [0.2, 0.25) is 0 Å². The SMILES string of the molecule is C[C@@]12C[C@@H](C(=O)Nc3cc(F)cc(Br)n3)N(C(=O)O)[C@@H]1C2. The first-order chi connectivity index (χ1) is 9.80. The molecule has 2 aliphatic rings.